The lowest BCUT2D eigenvalue weighted by Crippen LogP contribution is -2.40. The number of aromatic nitrogens is 1. The SMILES string of the molecule is CCn1cc(C(=O)N2CCc3ccsc3C2Cc2ccc(OC)c(C)c2)c2ccccc21. The van der Waals surface area contributed by atoms with Crippen molar-refractivity contribution in [3.63, 3.8) is 0 Å². The number of methoxy groups -OCH3 is 1. The highest BCUT2D eigenvalue weighted by molar-refractivity contribution is 7.10. The van der Waals surface area contributed by atoms with Gasteiger partial charge in [0.05, 0.1) is 18.7 Å². The van der Waals surface area contributed by atoms with E-state index in [1.807, 2.05) is 24.4 Å². The van der Waals surface area contributed by atoms with Gasteiger partial charge in [-0.3, -0.25) is 4.79 Å². The molecule has 3 heterocycles. The average Bonchev–Trinajstić information content (AvgIpc) is 3.44. The molecule has 164 valence electrons. The summed E-state index contributed by atoms with van der Waals surface area (Å²) < 4.78 is 7.61. The van der Waals surface area contributed by atoms with Crippen LogP contribution in [-0.2, 0) is 19.4 Å². The van der Waals surface area contributed by atoms with E-state index >= 15 is 0 Å². The second-order valence-electron chi connectivity index (χ2n) is 8.43. The summed E-state index contributed by atoms with van der Waals surface area (Å²) in [6, 6.07) is 16.8. The van der Waals surface area contributed by atoms with E-state index in [1.54, 1.807) is 18.4 Å². The number of hydrogen-bond donors (Lipinski definition) is 0. The number of thiophene rings is 1. The second-order valence-corrected chi connectivity index (χ2v) is 9.38. The van der Waals surface area contributed by atoms with E-state index in [4.69, 9.17) is 4.74 Å². The van der Waals surface area contributed by atoms with E-state index in [9.17, 15) is 4.79 Å². The molecule has 1 aliphatic heterocycles. The molecule has 0 saturated heterocycles. The molecule has 0 fully saturated rings. The molecule has 5 heteroatoms. The van der Waals surface area contributed by atoms with E-state index in [2.05, 4.69) is 59.0 Å². The number of benzene rings is 2. The predicted octanol–water partition coefficient (Wildman–Crippen LogP) is 6.02. The summed E-state index contributed by atoms with van der Waals surface area (Å²) in [5.74, 6) is 1.03. The monoisotopic (exact) mass is 444 g/mol. The van der Waals surface area contributed by atoms with Gasteiger partial charge in [-0.05, 0) is 67.0 Å². The Bertz CT molecular complexity index is 1290. The maximum absolute atomic E-state index is 13.9. The Morgan fingerprint density at radius 3 is 2.81 bits per heavy atom. The number of ether oxygens (including phenoxy) is 1. The van der Waals surface area contributed by atoms with Crippen LogP contribution in [0.4, 0.5) is 0 Å². The van der Waals surface area contributed by atoms with Crippen molar-refractivity contribution in [2.75, 3.05) is 13.7 Å². The van der Waals surface area contributed by atoms with Crippen LogP contribution in [0.1, 0.15) is 44.9 Å². The Morgan fingerprint density at radius 2 is 2.03 bits per heavy atom. The second kappa shape index (κ2) is 8.47. The van der Waals surface area contributed by atoms with E-state index in [0.29, 0.717) is 0 Å². The molecule has 32 heavy (non-hydrogen) atoms. The van der Waals surface area contributed by atoms with Crippen molar-refractivity contribution in [1.82, 2.24) is 9.47 Å². The van der Waals surface area contributed by atoms with Crippen molar-refractivity contribution < 1.29 is 9.53 Å². The first-order valence-electron chi connectivity index (χ1n) is 11.2. The molecule has 0 saturated carbocycles. The van der Waals surface area contributed by atoms with E-state index in [-0.39, 0.29) is 11.9 Å². The van der Waals surface area contributed by atoms with Crippen LogP contribution in [0.5, 0.6) is 5.75 Å². The lowest BCUT2D eigenvalue weighted by molar-refractivity contribution is 0.0666. The summed E-state index contributed by atoms with van der Waals surface area (Å²) in [6.45, 7) is 5.78. The smallest absolute Gasteiger partial charge is 0.256 e. The maximum atomic E-state index is 13.9. The lowest BCUT2D eigenvalue weighted by Gasteiger charge is -2.36. The fourth-order valence-electron chi connectivity index (χ4n) is 4.95. The molecular weight excluding hydrogens is 416 g/mol. The molecule has 2 aromatic heterocycles. The topological polar surface area (TPSA) is 34.5 Å². The Kier molecular flexibility index (Phi) is 5.51. The van der Waals surface area contributed by atoms with E-state index in [0.717, 1.165) is 53.7 Å². The molecule has 1 unspecified atom stereocenters. The van der Waals surface area contributed by atoms with Gasteiger partial charge in [-0.15, -0.1) is 11.3 Å². The fraction of sp³-hybridized carbons (Fsp3) is 0.296. The third-order valence-corrected chi connectivity index (χ3v) is 7.65. The molecule has 4 nitrogen and oxygen atoms in total. The summed E-state index contributed by atoms with van der Waals surface area (Å²) in [5, 5.41) is 3.20. The van der Waals surface area contributed by atoms with E-state index < -0.39 is 0 Å². The zero-order chi connectivity index (χ0) is 22.2. The van der Waals surface area contributed by atoms with Gasteiger partial charge in [0.1, 0.15) is 5.75 Å². The summed E-state index contributed by atoms with van der Waals surface area (Å²) in [4.78, 5) is 17.4. The number of aryl methyl sites for hydroxylation is 2. The third kappa shape index (κ3) is 3.51. The average molecular weight is 445 g/mol. The Morgan fingerprint density at radius 1 is 1.19 bits per heavy atom. The van der Waals surface area contributed by atoms with Crippen molar-refractivity contribution in [3.05, 3.63) is 87.2 Å². The quantitative estimate of drug-likeness (QED) is 0.377. The maximum Gasteiger partial charge on any atom is 0.256 e. The number of carbonyl (C=O) groups excluding carboxylic acids is 1. The van der Waals surface area contributed by atoms with Crippen LogP contribution in [0.2, 0.25) is 0 Å². The van der Waals surface area contributed by atoms with Crippen molar-refractivity contribution in [3.8, 4) is 5.75 Å². The first kappa shape index (κ1) is 20.8. The summed E-state index contributed by atoms with van der Waals surface area (Å²) in [7, 11) is 1.70. The summed E-state index contributed by atoms with van der Waals surface area (Å²) in [5.41, 5.74) is 5.65. The number of carbonyl (C=O) groups is 1. The van der Waals surface area contributed by atoms with Gasteiger partial charge >= 0.3 is 0 Å². The zero-order valence-corrected chi connectivity index (χ0v) is 19.6. The summed E-state index contributed by atoms with van der Waals surface area (Å²) >= 11 is 1.77. The van der Waals surface area contributed by atoms with Crippen LogP contribution in [0.15, 0.2) is 60.1 Å². The highest BCUT2D eigenvalue weighted by Gasteiger charge is 2.33. The van der Waals surface area contributed by atoms with Gasteiger partial charge in [0.25, 0.3) is 5.91 Å². The van der Waals surface area contributed by atoms with Gasteiger partial charge in [-0.1, -0.05) is 30.3 Å². The van der Waals surface area contributed by atoms with Crippen molar-refractivity contribution >= 4 is 28.1 Å². The Balaban J connectivity index is 1.54. The molecule has 0 N–H and O–H groups in total. The zero-order valence-electron chi connectivity index (χ0n) is 18.8. The standard InChI is InChI=1S/C27H28N2O2S/c1-4-28-17-22(21-7-5-6-8-23(21)28)27(30)29-13-11-20-12-14-32-26(20)24(29)16-19-9-10-25(31-3)18(2)15-19/h5-10,12,14-15,17,24H,4,11,13,16H2,1-3H3. The number of nitrogens with zero attached hydrogens (tertiary/aromatic N) is 2. The highest BCUT2D eigenvalue weighted by atomic mass is 32.1. The summed E-state index contributed by atoms with van der Waals surface area (Å²) in [6.07, 6.45) is 3.75. The number of amides is 1. The minimum Gasteiger partial charge on any atom is -0.496 e. The first-order chi connectivity index (χ1) is 15.6. The lowest BCUT2D eigenvalue weighted by atomic mass is 9.94. The van der Waals surface area contributed by atoms with Crippen LogP contribution in [-0.4, -0.2) is 29.0 Å². The van der Waals surface area contributed by atoms with Crippen molar-refractivity contribution in [2.45, 2.75) is 39.3 Å². The van der Waals surface area contributed by atoms with Crippen LogP contribution < -0.4 is 4.74 Å². The molecule has 1 amide bonds. The van der Waals surface area contributed by atoms with Crippen LogP contribution in [0.25, 0.3) is 10.9 Å². The van der Waals surface area contributed by atoms with Crippen LogP contribution >= 0.6 is 11.3 Å². The van der Waals surface area contributed by atoms with Crippen molar-refractivity contribution in [1.29, 1.82) is 0 Å². The van der Waals surface area contributed by atoms with Gasteiger partial charge in [0, 0.05) is 35.1 Å². The minimum absolute atomic E-state index is 0.0442. The molecular formula is C27H28N2O2S. The molecule has 0 spiro atoms. The normalized spacial score (nSPS) is 15.7. The van der Waals surface area contributed by atoms with Crippen molar-refractivity contribution in [2.24, 2.45) is 0 Å². The number of rotatable bonds is 5. The van der Waals surface area contributed by atoms with Crippen LogP contribution in [0.3, 0.4) is 0 Å². The molecule has 0 radical (unpaired) electrons. The molecule has 5 rings (SSSR count). The molecule has 4 aromatic rings. The van der Waals surface area contributed by atoms with Gasteiger partial charge in [-0.25, -0.2) is 0 Å². The molecule has 1 aliphatic rings. The number of para-hydroxylation sites is 1. The number of fused-ring (bicyclic) bond motifs is 2. The third-order valence-electron chi connectivity index (χ3n) is 6.59. The molecule has 1 atom stereocenters. The van der Waals surface area contributed by atoms with Gasteiger partial charge in [0.2, 0.25) is 0 Å². The minimum atomic E-state index is 0.0442. The highest BCUT2D eigenvalue weighted by Crippen LogP contribution is 2.38. The van der Waals surface area contributed by atoms with Gasteiger partial charge in [0.15, 0.2) is 0 Å². The first-order valence-corrected chi connectivity index (χ1v) is 12.1. The molecule has 0 aliphatic carbocycles. The largest absolute Gasteiger partial charge is 0.496 e. The van der Waals surface area contributed by atoms with Gasteiger partial charge in [-0.2, -0.15) is 0 Å². The van der Waals surface area contributed by atoms with Gasteiger partial charge < -0.3 is 14.2 Å². The Hall–Kier alpha value is -3.05. The predicted molar refractivity (Wildman–Crippen MR) is 131 cm³/mol. The van der Waals surface area contributed by atoms with E-state index in [1.165, 1.54) is 16.0 Å². The Labute approximate surface area is 193 Å². The molecule has 2 aromatic carbocycles. The number of hydrogen-bond acceptors (Lipinski definition) is 3. The fourth-order valence-corrected chi connectivity index (χ4v) is 6.02. The molecule has 0 bridgehead atoms. The van der Waals surface area contributed by atoms with Crippen LogP contribution in [0, 0.1) is 6.92 Å².